The van der Waals surface area contributed by atoms with Gasteiger partial charge in [0.2, 0.25) is 0 Å². The van der Waals surface area contributed by atoms with Crippen LogP contribution in [0.1, 0.15) is 17.3 Å². The second kappa shape index (κ2) is 8.39. The van der Waals surface area contributed by atoms with E-state index in [0.717, 1.165) is 24.7 Å². The molecule has 0 radical (unpaired) electrons. The van der Waals surface area contributed by atoms with E-state index in [9.17, 15) is 19.3 Å². The predicted molar refractivity (Wildman–Crippen MR) is 71.2 cm³/mol. The molecule has 19 heavy (non-hydrogen) atoms. The standard InChI is InChI=1S/C11H14FN3O3.ClH/c1-2-13-5-6-14-11(16)9-4-3-8(12)7-10(9)15(17)18;/h3-4,7,13H,2,5-6H2,1H3,(H,14,16);1H. The van der Waals surface area contributed by atoms with Gasteiger partial charge in [0.15, 0.2) is 0 Å². The molecule has 0 aromatic heterocycles. The monoisotopic (exact) mass is 291 g/mol. The smallest absolute Gasteiger partial charge is 0.285 e. The summed E-state index contributed by atoms with van der Waals surface area (Å²) in [6.07, 6.45) is 0. The summed E-state index contributed by atoms with van der Waals surface area (Å²) in [4.78, 5) is 21.6. The van der Waals surface area contributed by atoms with Gasteiger partial charge in [-0.1, -0.05) is 6.92 Å². The van der Waals surface area contributed by atoms with Crippen LogP contribution in [0.3, 0.4) is 0 Å². The average Bonchev–Trinajstić information content (AvgIpc) is 2.34. The minimum Gasteiger partial charge on any atom is -0.351 e. The third-order valence-electron chi connectivity index (χ3n) is 2.24. The molecule has 106 valence electrons. The molecule has 8 heteroatoms. The summed E-state index contributed by atoms with van der Waals surface area (Å²) in [5.74, 6) is -1.33. The number of amides is 1. The molecule has 0 aliphatic heterocycles. The Hall–Kier alpha value is -1.73. The molecule has 0 aliphatic rings. The van der Waals surface area contributed by atoms with Gasteiger partial charge in [-0.25, -0.2) is 4.39 Å². The Labute approximate surface area is 115 Å². The van der Waals surface area contributed by atoms with E-state index in [-0.39, 0.29) is 18.0 Å². The van der Waals surface area contributed by atoms with Gasteiger partial charge in [0.25, 0.3) is 11.6 Å². The van der Waals surface area contributed by atoms with E-state index in [1.54, 1.807) is 0 Å². The molecule has 0 heterocycles. The highest BCUT2D eigenvalue weighted by Crippen LogP contribution is 2.19. The van der Waals surface area contributed by atoms with Crippen LogP contribution in [0.25, 0.3) is 0 Å². The molecule has 0 spiro atoms. The maximum absolute atomic E-state index is 12.9. The third kappa shape index (κ3) is 5.19. The molecule has 2 N–H and O–H groups in total. The van der Waals surface area contributed by atoms with Crippen molar-refractivity contribution >= 4 is 24.0 Å². The first-order chi connectivity index (χ1) is 8.56. The van der Waals surface area contributed by atoms with Crippen molar-refractivity contribution in [1.29, 1.82) is 0 Å². The van der Waals surface area contributed by atoms with Crippen LogP contribution < -0.4 is 10.6 Å². The van der Waals surface area contributed by atoms with E-state index in [1.165, 1.54) is 0 Å². The summed E-state index contributed by atoms with van der Waals surface area (Å²) in [5, 5.41) is 16.2. The van der Waals surface area contributed by atoms with E-state index in [0.29, 0.717) is 13.1 Å². The molecule has 0 saturated heterocycles. The second-order valence-electron chi connectivity index (χ2n) is 3.53. The maximum atomic E-state index is 12.9. The molecule has 0 fully saturated rings. The van der Waals surface area contributed by atoms with Gasteiger partial charge >= 0.3 is 0 Å². The first kappa shape index (κ1) is 17.3. The Morgan fingerprint density at radius 1 is 1.42 bits per heavy atom. The highest BCUT2D eigenvalue weighted by atomic mass is 35.5. The number of nitrogens with zero attached hydrogens (tertiary/aromatic N) is 1. The zero-order valence-corrected chi connectivity index (χ0v) is 11.1. The van der Waals surface area contributed by atoms with Gasteiger partial charge in [-0.05, 0) is 18.7 Å². The third-order valence-corrected chi connectivity index (χ3v) is 2.24. The van der Waals surface area contributed by atoms with E-state index < -0.39 is 22.3 Å². The number of rotatable bonds is 6. The van der Waals surface area contributed by atoms with Crippen LogP contribution in [-0.4, -0.2) is 30.5 Å². The quantitative estimate of drug-likeness (QED) is 0.472. The minimum absolute atomic E-state index is 0. The lowest BCUT2D eigenvalue weighted by atomic mass is 10.1. The van der Waals surface area contributed by atoms with Crippen molar-refractivity contribution in [3.63, 3.8) is 0 Å². The SMILES string of the molecule is CCNCCNC(=O)c1ccc(F)cc1[N+](=O)[O-].Cl. The van der Waals surface area contributed by atoms with Gasteiger partial charge in [-0.3, -0.25) is 14.9 Å². The lowest BCUT2D eigenvalue weighted by Gasteiger charge is -2.06. The van der Waals surface area contributed by atoms with Gasteiger partial charge in [0.1, 0.15) is 11.4 Å². The summed E-state index contributed by atoms with van der Waals surface area (Å²) in [7, 11) is 0. The fraction of sp³-hybridized carbons (Fsp3) is 0.364. The molecule has 1 aromatic carbocycles. The number of halogens is 2. The Kier molecular flexibility index (Phi) is 7.62. The molecule has 1 amide bonds. The number of nitro groups is 1. The average molecular weight is 292 g/mol. The Morgan fingerprint density at radius 3 is 2.68 bits per heavy atom. The lowest BCUT2D eigenvalue weighted by molar-refractivity contribution is -0.385. The number of hydrogen-bond donors (Lipinski definition) is 2. The highest BCUT2D eigenvalue weighted by molar-refractivity contribution is 5.98. The van der Waals surface area contributed by atoms with E-state index in [2.05, 4.69) is 10.6 Å². The molecule has 0 aliphatic carbocycles. The van der Waals surface area contributed by atoms with Crippen molar-refractivity contribution in [2.75, 3.05) is 19.6 Å². The number of hydrogen-bond acceptors (Lipinski definition) is 4. The number of likely N-dealkylation sites (N-methyl/N-ethyl adjacent to an activating group) is 1. The van der Waals surface area contributed by atoms with Gasteiger partial charge < -0.3 is 10.6 Å². The zero-order chi connectivity index (χ0) is 13.5. The normalized spacial score (nSPS) is 9.58. The topological polar surface area (TPSA) is 84.3 Å². The largest absolute Gasteiger partial charge is 0.351 e. The van der Waals surface area contributed by atoms with E-state index in [1.807, 2.05) is 6.92 Å². The fourth-order valence-electron chi connectivity index (χ4n) is 1.38. The van der Waals surface area contributed by atoms with Crippen LogP contribution in [0.15, 0.2) is 18.2 Å². The lowest BCUT2D eigenvalue weighted by Crippen LogP contribution is -2.32. The molecule has 0 saturated carbocycles. The zero-order valence-electron chi connectivity index (χ0n) is 10.3. The van der Waals surface area contributed by atoms with Crippen molar-refractivity contribution < 1.29 is 14.1 Å². The summed E-state index contributed by atoms with van der Waals surface area (Å²) >= 11 is 0. The fourth-order valence-corrected chi connectivity index (χ4v) is 1.38. The van der Waals surface area contributed by atoms with Crippen LogP contribution in [0.2, 0.25) is 0 Å². The Bertz CT molecular complexity index is 457. The van der Waals surface area contributed by atoms with Crippen LogP contribution in [0.4, 0.5) is 10.1 Å². The molecule has 0 unspecified atom stereocenters. The number of nitro benzene ring substituents is 1. The Morgan fingerprint density at radius 2 is 2.11 bits per heavy atom. The molecular formula is C11H15ClFN3O3. The first-order valence-corrected chi connectivity index (χ1v) is 5.49. The molecular weight excluding hydrogens is 277 g/mol. The second-order valence-corrected chi connectivity index (χ2v) is 3.53. The van der Waals surface area contributed by atoms with E-state index in [4.69, 9.17) is 0 Å². The number of carbonyl (C=O) groups excluding carboxylic acids is 1. The minimum atomic E-state index is -0.776. The van der Waals surface area contributed by atoms with Crippen molar-refractivity contribution in [2.45, 2.75) is 6.92 Å². The van der Waals surface area contributed by atoms with Crippen molar-refractivity contribution in [3.8, 4) is 0 Å². The van der Waals surface area contributed by atoms with Crippen molar-refractivity contribution in [1.82, 2.24) is 10.6 Å². The summed E-state index contributed by atoms with van der Waals surface area (Å²) in [6.45, 7) is 3.61. The van der Waals surface area contributed by atoms with Crippen LogP contribution in [0.5, 0.6) is 0 Å². The van der Waals surface area contributed by atoms with Gasteiger partial charge in [0.05, 0.1) is 11.0 Å². The molecule has 0 atom stereocenters. The molecule has 1 rings (SSSR count). The molecule has 0 bridgehead atoms. The predicted octanol–water partition coefficient (Wildman–Crippen LogP) is 1.49. The van der Waals surface area contributed by atoms with Crippen LogP contribution in [0, 0.1) is 15.9 Å². The maximum Gasteiger partial charge on any atom is 0.285 e. The highest BCUT2D eigenvalue weighted by Gasteiger charge is 2.20. The Balaban J connectivity index is 0.00000324. The molecule has 1 aromatic rings. The summed E-state index contributed by atoms with van der Waals surface area (Å²) < 4.78 is 12.9. The van der Waals surface area contributed by atoms with Crippen molar-refractivity contribution in [2.24, 2.45) is 0 Å². The number of nitrogens with one attached hydrogen (secondary N) is 2. The molecule has 6 nitrogen and oxygen atoms in total. The summed E-state index contributed by atoms with van der Waals surface area (Å²) in [6, 6.07) is 2.86. The van der Waals surface area contributed by atoms with Gasteiger partial charge in [-0.2, -0.15) is 0 Å². The first-order valence-electron chi connectivity index (χ1n) is 5.49. The van der Waals surface area contributed by atoms with Crippen LogP contribution >= 0.6 is 12.4 Å². The summed E-state index contributed by atoms with van der Waals surface area (Å²) in [5.41, 5.74) is -0.672. The van der Waals surface area contributed by atoms with Gasteiger partial charge in [0, 0.05) is 13.1 Å². The number of carbonyl (C=O) groups is 1. The van der Waals surface area contributed by atoms with Crippen molar-refractivity contribution in [3.05, 3.63) is 39.7 Å². The number of benzene rings is 1. The van der Waals surface area contributed by atoms with Crippen LogP contribution in [-0.2, 0) is 0 Å². The van der Waals surface area contributed by atoms with Gasteiger partial charge in [-0.15, -0.1) is 12.4 Å². The van der Waals surface area contributed by atoms with E-state index >= 15 is 0 Å².